The predicted octanol–water partition coefficient (Wildman–Crippen LogP) is 4.43. The van der Waals surface area contributed by atoms with Gasteiger partial charge >= 0.3 is 0 Å². The minimum absolute atomic E-state index is 0.106. The summed E-state index contributed by atoms with van der Waals surface area (Å²) >= 11 is 0. The zero-order valence-electron chi connectivity index (χ0n) is 13.0. The first-order valence-electron chi connectivity index (χ1n) is 7.21. The predicted molar refractivity (Wildman–Crippen MR) is 80.9 cm³/mol. The van der Waals surface area contributed by atoms with E-state index >= 15 is 0 Å². The molecule has 2 nitrogen and oxygen atoms in total. The fourth-order valence-electron chi connectivity index (χ4n) is 1.84. The molecule has 1 rings (SSSR count). The average molecular weight is 264 g/mol. The summed E-state index contributed by atoms with van der Waals surface area (Å²) in [5.41, 5.74) is 1.35. The van der Waals surface area contributed by atoms with Crippen molar-refractivity contribution < 1.29 is 9.47 Å². The van der Waals surface area contributed by atoms with Gasteiger partial charge in [-0.25, -0.2) is 0 Å². The Morgan fingerprint density at radius 2 is 1.68 bits per heavy atom. The van der Waals surface area contributed by atoms with E-state index in [2.05, 4.69) is 46.8 Å². The van der Waals surface area contributed by atoms with Crippen molar-refractivity contribution in [3.8, 4) is 5.75 Å². The number of rotatable bonds is 7. The molecule has 0 heterocycles. The minimum atomic E-state index is 0.106. The van der Waals surface area contributed by atoms with Gasteiger partial charge in [-0.15, -0.1) is 0 Å². The van der Waals surface area contributed by atoms with E-state index in [-0.39, 0.29) is 5.41 Å². The van der Waals surface area contributed by atoms with Crippen LogP contribution in [0.5, 0.6) is 5.75 Å². The summed E-state index contributed by atoms with van der Waals surface area (Å²) in [5.74, 6) is 1.67. The second-order valence-electron chi connectivity index (χ2n) is 6.39. The molecular weight excluding hydrogens is 236 g/mol. The van der Waals surface area contributed by atoms with Gasteiger partial charge in [0.05, 0.1) is 6.61 Å². The summed E-state index contributed by atoms with van der Waals surface area (Å²) in [6, 6.07) is 8.25. The molecular formula is C17H28O2. The van der Waals surface area contributed by atoms with Gasteiger partial charge < -0.3 is 9.47 Å². The van der Waals surface area contributed by atoms with Crippen LogP contribution in [-0.2, 0) is 10.2 Å². The van der Waals surface area contributed by atoms with Crippen molar-refractivity contribution >= 4 is 0 Å². The Labute approximate surface area is 118 Å². The summed E-state index contributed by atoms with van der Waals surface area (Å²) in [7, 11) is 0. The first-order valence-corrected chi connectivity index (χ1v) is 7.21. The Hall–Kier alpha value is -1.02. The lowest BCUT2D eigenvalue weighted by Gasteiger charge is -2.22. The van der Waals surface area contributed by atoms with Gasteiger partial charge in [-0.2, -0.15) is 0 Å². The van der Waals surface area contributed by atoms with Crippen molar-refractivity contribution in [2.75, 3.05) is 19.8 Å². The fraction of sp³-hybridized carbons (Fsp3) is 0.647. The van der Waals surface area contributed by atoms with Crippen molar-refractivity contribution in [2.24, 2.45) is 5.92 Å². The molecule has 0 aliphatic rings. The fourth-order valence-corrected chi connectivity index (χ4v) is 1.84. The third-order valence-corrected chi connectivity index (χ3v) is 3.02. The second kappa shape index (κ2) is 7.54. The van der Waals surface area contributed by atoms with Gasteiger partial charge in [0, 0.05) is 6.61 Å². The van der Waals surface area contributed by atoms with Gasteiger partial charge in [0.1, 0.15) is 12.4 Å². The Morgan fingerprint density at radius 1 is 1.00 bits per heavy atom. The van der Waals surface area contributed by atoms with Gasteiger partial charge in [-0.3, -0.25) is 0 Å². The summed E-state index contributed by atoms with van der Waals surface area (Å²) in [6.07, 6.45) is 1.11. The maximum absolute atomic E-state index is 5.85. The first-order chi connectivity index (χ1) is 8.91. The van der Waals surface area contributed by atoms with Gasteiger partial charge in [0.25, 0.3) is 0 Å². The number of ether oxygens (including phenoxy) is 2. The molecule has 0 bridgehead atoms. The quantitative estimate of drug-likeness (QED) is 0.678. The standard InChI is InChI=1S/C17H28O2/c1-14(2)10-11-18-12-13-19-16-9-7-6-8-15(16)17(3,4)5/h6-9,14H,10-13H2,1-5H3. The summed E-state index contributed by atoms with van der Waals surface area (Å²) in [5, 5.41) is 0. The van der Waals surface area contributed by atoms with Gasteiger partial charge in [-0.1, -0.05) is 52.8 Å². The highest BCUT2D eigenvalue weighted by atomic mass is 16.5. The van der Waals surface area contributed by atoms with Crippen LogP contribution in [0.4, 0.5) is 0 Å². The second-order valence-corrected chi connectivity index (χ2v) is 6.39. The monoisotopic (exact) mass is 264 g/mol. The zero-order chi connectivity index (χ0) is 14.3. The molecule has 108 valence electrons. The lowest BCUT2D eigenvalue weighted by molar-refractivity contribution is 0.0920. The molecule has 0 fully saturated rings. The summed E-state index contributed by atoms with van der Waals surface area (Å²) in [6.45, 7) is 13.1. The van der Waals surface area contributed by atoms with Gasteiger partial charge in [-0.05, 0) is 29.4 Å². The number of para-hydroxylation sites is 1. The highest BCUT2D eigenvalue weighted by Crippen LogP contribution is 2.30. The maximum Gasteiger partial charge on any atom is 0.123 e. The molecule has 0 atom stereocenters. The molecule has 0 spiro atoms. The molecule has 1 aromatic rings. The number of hydrogen-bond donors (Lipinski definition) is 0. The lowest BCUT2D eigenvalue weighted by Crippen LogP contribution is -2.15. The molecule has 1 aromatic carbocycles. The van der Waals surface area contributed by atoms with Crippen LogP contribution in [-0.4, -0.2) is 19.8 Å². The average Bonchev–Trinajstić information content (AvgIpc) is 2.32. The maximum atomic E-state index is 5.85. The van der Waals surface area contributed by atoms with E-state index in [0.29, 0.717) is 19.1 Å². The highest BCUT2D eigenvalue weighted by molar-refractivity contribution is 5.38. The van der Waals surface area contributed by atoms with E-state index in [0.717, 1.165) is 18.8 Å². The largest absolute Gasteiger partial charge is 0.491 e. The smallest absolute Gasteiger partial charge is 0.123 e. The zero-order valence-corrected chi connectivity index (χ0v) is 13.0. The molecule has 2 heteroatoms. The SMILES string of the molecule is CC(C)CCOCCOc1ccccc1C(C)(C)C. The van der Waals surface area contributed by atoms with Gasteiger partial charge in [0.15, 0.2) is 0 Å². The molecule has 0 aliphatic heterocycles. The third-order valence-electron chi connectivity index (χ3n) is 3.02. The van der Waals surface area contributed by atoms with Crippen LogP contribution in [0.3, 0.4) is 0 Å². The molecule has 0 saturated heterocycles. The molecule has 19 heavy (non-hydrogen) atoms. The normalized spacial score (nSPS) is 11.9. The molecule has 0 amide bonds. The van der Waals surface area contributed by atoms with Crippen molar-refractivity contribution in [3.63, 3.8) is 0 Å². The van der Waals surface area contributed by atoms with E-state index < -0.39 is 0 Å². The van der Waals surface area contributed by atoms with Crippen LogP contribution in [0.1, 0.15) is 46.6 Å². The first kappa shape index (κ1) is 16.0. The van der Waals surface area contributed by atoms with E-state index in [1.807, 2.05) is 12.1 Å². The molecule has 0 saturated carbocycles. The lowest BCUT2D eigenvalue weighted by atomic mass is 9.86. The van der Waals surface area contributed by atoms with Crippen molar-refractivity contribution in [1.82, 2.24) is 0 Å². The van der Waals surface area contributed by atoms with Gasteiger partial charge in [0.2, 0.25) is 0 Å². The van der Waals surface area contributed by atoms with E-state index in [4.69, 9.17) is 9.47 Å². The Bertz CT molecular complexity index is 364. The minimum Gasteiger partial charge on any atom is -0.491 e. The summed E-state index contributed by atoms with van der Waals surface area (Å²) in [4.78, 5) is 0. The van der Waals surface area contributed by atoms with E-state index in [9.17, 15) is 0 Å². The van der Waals surface area contributed by atoms with E-state index in [1.54, 1.807) is 0 Å². The topological polar surface area (TPSA) is 18.5 Å². The molecule has 0 radical (unpaired) electrons. The Balaban J connectivity index is 2.37. The molecule has 0 aromatic heterocycles. The van der Waals surface area contributed by atoms with Crippen LogP contribution in [0.2, 0.25) is 0 Å². The van der Waals surface area contributed by atoms with Crippen molar-refractivity contribution in [3.05, 3.63) is 29.8 Å². The molecule has 0 unspecified atom stereocenters. The Kier molecular flexibility index (Phi) is 6.36. The van der Waals surface area contributed by atoms with Crippen LogP contribution >= 0.6 is 0 Å². The third kappa shape index (κ3) is 6.11. The van der Waals surface area contributed by atoms with Crippen LogP contribution < -0.4 is 4.74 Å². The van der Waals surface area contributed by atoms with Crippen LogP contribution in [0, 0.1) is 5.92 Å². The molecule has 0 aliphatic carbocycles. The van der Waals surface area contributed by atoms with E-state index in [1.165, 1.54) is 5.56 Å². The highest BCUT2D eigenvalue weighted by Gasteiger charge is 2.18. The molecule has 0 N–H and O–H groups in total. The van der Waals surface area contributed by atoms with Crippen LogP contribution in [0.25, 0.3) is 0 Å². The van der Waals surface area contributed by atoms with Crippen LogP contribution in [0.15, 0.2) is 24.3 Å². The number of benzene rings is 1. The number of hydrogen-bond acceptors (Lipinski definition) is 2. The Morgan fingerprint density at radius 3 is 2.32 bits per heavy atom. The van der Waals surface area contributed by atoms with Crippen molar-refractivity contribution in [2.45, 2.75) is 46.5 Å². The van der Waals surface area contributed by atoms with Crippen molar-refractivity contribution in [1.29, 1.82) is 0 Å². The summed E-state index contributed by atoms with van der Waals surface area (Å²) < 4.78 is 11.4.